The molecule has 2 N–H and O–H groups in total. The number of hydrogen-bond donors (Lipinski definition) is 2. The van der Waals surface area contributed by atoms with Gasteiger partial charge in [0, 0.05) is 9.79 Å². The average Bonchev–Trinajstić information content (AvgIpc) is 2.56. The molecular weight excluding hydrogens is 324 g/mol. The number of benzene rings is 3. The third kappa shape index (κ3) is 4.03. The first-order valence-electron chi connectivity index (χ1n) is 7.18. The highest BCUT2D eigenvalue weighted by atomic mass is 32.2. The van der Waals surface area contributed by atoms with Crippen LogP contribution in [0.5, 0.6) is 11.5 Å². The van der Waals surface area contributed by atoms with E-state index in [4.69, 9.17) is 0 Å². The molecule has 0 aliphatic rings. The summed E-state index contributed by atoms with van der Waals surface area (Å²) in [5, 5.41) is 20.5. The lowest BCUT2D eigenvalue weighted by molar-refractivity contribution is 0.442. The van der Waals surface area contributed by atoms with Gasteiger partial charge >= 0.3 is 0 Å². The molecule has 0 fully saturated rings. The highest BCUT2D eigenvalue weighted by Crippen LogP contribution is 2.51. The summed E-state index contributed by atoms with van der Waals surface area (Å²) in [6.45, 7) is 0. The zero-order valence-electron chi connectivity index (χ0n) is 12.3. The second kappa shape index (κ2) is 7.49. The summed E-state index contributed by atoms with van der Waals surface area (Å²) >= 11 is 3.22. The molecule has 116 valence electrons. The molecule has 0 aromatic heterocycles. The van der Waals surface area contributed by atoms with Gasteiger partial charge in [0.05, 0.1) is 10.1 Å². The van der Waals surface area contributed by atoms with Gasteiger partial charge in [-0.1, -0.05) is 42.5 Å². The van der Waals surface area contributed by atoms with Crippen molar-refractivity contribution in [2.75, 3.05) is 0 Å². The predicted octanol–water partition coefficient (Wildman–Crippen LogP) is 5.68. The molecule has 0 saturated heterocycles. The van der Waals surface area contributed by atoms with Crippen molar-refractivity contribution < 1.29 is 10.2 Å². The van der Waals surface area contributed by atoms with Crippen LogP contribution in [-0.4, -0.2) is 10.2 Å². The van der Waals surface area contributed by atoms with E-state index >= 15 is 0 Å². The van der Waals surface area contributed by atoms with E-state index in [-0.39, 0.29) is 16.1 Å². The summed E-state index contributed by atoms with van der Waals surface area (Å²) in [6, 6.07) is 24.9. The standard InChI is InChI=1S/C19H16O2S2/c20-16-12-7-13-17(21)18(16)19(22-14-8-3-1-4-9-14)23-15-10-5-2-6-11-15/h1-13,19-21H. The number of thioether (sulfide) groups is 2. The molecule has 23 heavy (non-hydrogen) atoms. The lowest BCUT2D eigenvalue weighted by Crippen LogP contribution is -1.92. The van der Waals surface area contributed by atoms with E-state index in [0.29, 0.717) is 5.56 Å². The first-order chi connectivity index (χ1) is 11.2. The Bertz CT molecular complexity index is 699. The first kappa shape index (κ1) is 15.8. The minimum atomic E-state index is -0.152. The van der Waals surface area contributed by atoms with E-state index in [9.17, 15) is 10.2 Å². The Hall–Kier alpha value is -2.04. The van der Waals surface area contributed by atoms with Crippen molar-refractivity contribution in [3.63, 3.8) is 0 Å². The summed E-state index contributed by atoms with van der Waals surface area (Å²) in [5.74, 6) is 0.226. The van der Waals surface area contributed by atoms with Gasteiger partial charge in [-0.25, -0.2) is 0 Å². The van der Waals surface area contributed by atoms with Crippen molar-refractivity contribution in [3.05, 3.63) is 84.4 Å². The number of phenols is 2. The molecule has 3 aromatic carbocycles. The Kier molecular flexibility index (Phi) is 5.16. The number of phenolic OH excluding ortho intramolecular Hbond substituents is 2. The second-order valence-electron chi connectivity index (χ2n) is 4.90. The Morgan fingerprint density at radius 3 is 1.43 bits per heavy atom. The van der Waals surface area contributed by atoms with Gasteiger partial charge in [0.1, 0.15) is 11.5 Å². The van der Waals surface area contributed by atoms with E-state index in [2.05, 4.69) is 0 Å². The van der Waals surface area contributed by atoms with E-state index in [0.717, 1.165) is 9.79 Å². The minimum absolute atomic E-state index is 0.113. The highest BCUT2D eigenvalue weighted by Gasteiger charge is 2.22. The maximum absolute atomic E-state index is 10.2. The SMILES string of the molecule is Oc1cccc(O)c1C(Sc1ccccc1)Sc1ccccc1. The summed E-state index contributed by atoms with van der Waals surface area (Å²) in [7, 11) is 0. The Morgan fingerprint density at radius 1 is 0.565 bits per heavy atom. The Balaban J connectivity index is 1.96. The van der Waals surface area contributed by atoms with Crippen molar-refractivity contribution in [1.29, 1.82) is 0 Å². The molecular formula is C19H16O2S2. The van der Waals surface area contributed by atoms with Gasteiger partial charge in [-0.15, -0.1) is 23.5 Å². The second-order valence-corrected chi connectivity index (χ2v) is 7.56. The van der Waals surface area contributed by atoms with Gasteiger partial charge in [0.15, 0.2) is 0 Å². The average molecular weight is 340 g/mol. The number of rotatable bonds is 5. The monoisotopic (exact) mass is 340 g/mol. The molecule has 0 radical (unpaired) electrons. The lowest BCUT2D eigenvalue weighted by Gasteiger charge is -2.19. The molecule has 0 atom stereocenters. The largest absolute Gasteiger partial charge is 0.507 e. The third-order valence-corrected chi connectivity index (χ3v) is 5.83. The summed E-state index contributed by atoms with van der Waals surface area (Å²) in [4.78, 5) is 2.17. The molecule has 2 nitrogen and oxygen atoms in total. The van der Waals surface area contributed by atoms with E-state index < -0.39 is 0 Å². The molecule has 0 aliphatic carbocycles. The first-order valence-corrected chi connectivity index (χ1v) is 8.94. The fraction of sp³-hybridized carbons (Fsp3) is 0.0526. The summed E-state index contributed by atoms with van der Waals surface area (Å²) in [6.07, 6.45) is 0. The predicted molar refractivity (Wildman–Crippen MR) is 97.1 cm³/mol. The van der Waals surface area contributed by atoms with Gasteiger partial charge in [-0.2, -0.15) is 0 Å². The van der Waals surface area contributed by atoms with Gasteiger partial charge in [-0.3, -0.25) is 0 Å². The van der Waals surface area contributed by atoms with Crippen LogP contribution in [0, 0.1) is 0 Å². The number of hydrogen-bond acceptors (Lipinski definition) is 4. The molecule has 0 unspecified atom stereocenters. The lowest BCUT2D eigenvalue weighted by atomic mass is 10.2. The fourth-order valence-electron chi connectivity index (χ4n) is 2.17. The van der Waals surface area contributed by atoms with Crippen LogP contribution in [0.15, 0.2) is 88.7 Å². The zero-order valence-corrected chi connectivity index (χ0v) is 13.9. The number of aromatic hydroxyl groups is 2. The molecule has 0 saturated carbocycles. The van der Waals surface area contributed by atoms with Crippen LogP contribution < -0.4 is 0 Å². The molecule has 0 spiro atoms. The smallest absolute Gasteiger partial charge is 0.124 e. The van der Waals surface area contributed by atoms with Crippen molar-refractivity contribution in [3.8, 4) is 11.5 Å². The molecule has 0 aliphatic heterocycles. The van der Waals surface area contributed by atoms with E-state index in [1.807, 2.05) is 60.7 Å². The van der Waals surface area contributed by atoms with Crippen LogP contribution in [0.2, 0.25) is 0 Å². The molecule has 0 heterocycles. The maximum atomic E-state index is 10.2. The molecule has 0 amide bonds. The highest BCUT2D eigenvalue weighted by molar-refractivity contribution is 8.16. The zero-order chi connectivity index (χ0) is 16.1. The fourth-order valence-corrected chi connectivity index (χ4v) is 4.87. The van der Waals surface area contributed by atoms with Crippen LogP contribution in [0.25, 0.3) is 0 Å². The molecule has 4 heteroatoms. The van der Waals surface area contributed by atoms with Crippen LogP contribution in [-0.2, 0) is 0 Å². The van der Waals surface area contributed by atoms with E-state index in [1.54, 1.807) is 41.7 Å². The van der Waals surface area contributed by atoms with Gasteiger partial charge in [-0.05, 0) is 36.4 Å². The maximum Gasteiger partial charge on any atom is 0.124 e. The van der Waals surface area contributed by atoms with Crippen LogP contribution in [0.1, 0.15) is 10.1 Å². The van der Waals surface area contributed by atoms with E-state index in [1.165, 1.54) is 0 Å². The minimum Gasteiger partial charge on any atom is -0.507 e. The van der Waals surface area contributed by atoms with Crippen molar-refractivity contribution in [2.24, 2.45) is 0 Å². The Morgan fingerprint density at radius 2 is 1.00 bits per heavy atom. The molecule has 0 bridgehead atoms. The quantitative estimate of drug-likeness (QED) is 0.463. The Labute approximate surface area is 144 Å². The topological polar surface area (TPSA) is 40.5 Å². The normalized spacial score (nSPS) is 10.8. The van der Waals surface area contributed by atoms with Crippen LogP contribution in [0.4, 0.5) is 0 Å². The molecule has 3 aromatic rings. The van der Waals surface area contributed by atoms with Crippen molar-refractivity contribution >= 4 is 23.5 Å². The van der Waals surface area contributed by atoms with Gasteiger partial charge in [0.2, 0.25) is 0 Å². The van der Waals surface area contributed by atoms with Crippen molar-refractivity contribution in [1.82, 2.24) is 0 Å². The van der Waals surface area contributed by atoms with Gasteiger partial charge < -0.3 is 10.2 Å². The van der Waals surface area contributed by atoms with Crippen LogP contribution >= 0.6 is 23.5 Å². The van der Waals surface area contributed by atoms with Crippen molar-refractivity contribution in [2.45, 2.75) is 14.4 Å². The van der Waals surface area contributed by atoms with Crippen LogP contribution in [0.3, 0.4) is 0 Å². The summed E-state index contributed by atoms with van der Waals surface area (Å²) < 4.78 is -0.152. The summed E-state index contributed by atoms with van der Waals surface area (Å²) in [5.41, 5.74) is 0.551. The van der Waals surface area contributed by atoms with Gasteiger partial charge in [0.25, 0.3) is 0 Å². The third-order valence-electron chi connectivity index (χ3n) is 3.27. The molecule has 3 rings (SSSR count).